The number of hydrogen-bond acceptors (Lipinski definition) is 6. The monoisotopic (exact) mass is 939 g/mol. The van der Waals surface area contributed by atoms with Crippen LogP contribution in [0, 0.1) is 0 Å². The maximum Gasteiger partial charge on any atom is 0.306 e. The molecule has 0 aromatic rings. The number of carbonyl (C=O) groups excluding carboxylic acids is 3. The summed E-state index contributed by atoms with van der Waals surface area (Å²) < 4.78 is 16.9. The highest BCUT2D eigenvalue weighted by Crippen LogP contribution is 2.17. The SMILES string of the molecule is CC/C=C\C/C=C\CCCCCCCCCC(=O)OCC(COC(=O)CCCCCCCCCCCCCCCCCCCC)OC(=O)CCCCCCCCC/C=C\C/C=C\CCCCC. The minimum Gasteiger partial charge on any atom is -0.462 e. The summed E-state index contributed by atoms with van der Waals surface area (Å²) in [6.07, 6.45) is 68.1. The van der Waals surface area contributed by atoms with E-state index in [4.69, 9.17) is 14.2 Å². The Labute approximate surface area is 416 Å². The minimum atomic E-state index is -0.778. The number of carbonyl (C=O) groups is 3. The molecule has 0 aromatic heterocycles. The fourth-order valence-electron chi connectivity index (χ4n) is 8.45. The van der Waals surface area contributed by atoms with Gasteiger partial charge in [-0.2, -0.15) is 0 Å². The molecule has 0 saturated carbocycles. The number of allylic oxidation sites excluding steroid dienone is 8. The van der Waals surface area contributed by atoms with Gasteiger partial charge in [0.15, 0.2) is 6.10 Å². The van der Waals surface area contributed by atoms with E-state index >= 15 is 0 Å². The lowest BCUT2D eigenvalue weighted by Gasteiger charge is -2.18. The van der Waals surface area contributed by atoms with Crippen molar-refractivity contribution in [1.82, 2.24) is 0 Å². The number of esters is 3. The first-order valence-corrected chi connectivity index (χ1v) is 29.1. The second kappa shape index (κ2) is 56.0. The van der Waals surface area contributed by atoms with Crippen molar-refractivity contribution in [2.45, 2.75) is 309 Å². The van der Waals surface area contributed by atoms with Crippen LogP contribution in [0.2, 0.25) is 0 Å². The second-order valence-corrected chi connectivity index (χ2v) is 19.5. The molecular weight excluding hydrogens is 829 g/mol. The zero-order chi connectivity index (χ0) is 48.6. The molecule has 0 spiro atoms. The van der Waals surface area contributed by atoms with Crippen LogP contribution in [-0.2, 0) is 28.6 Å². The molecular formula is C61H110O6. The second-order valence-electron chi connectivity index (χ2n) is 19.5. The summed E-state index contributed by atoms with van der Waals surface area (Å²) in [5.41, 5.74) is 0. The summed E-state index contributed by atoms with van der Waals surface area (Å²) in [5.74, 6) is -0.877. The Hall–Kier alpha value is -2.63. The highest BCUT2D eigenvalue weighted by atomic mass is 16.6. The summed E-state index contributed by atoms with van der Waals surface area (Å²) in [7, 11) is 0. The van der Waals surface area contributed by atoms with E-state index in [1.54, 1.807) is 0 Å². The first-order chi connectivity index (χ1) is 33.0. The van der Waals surface area contributed by atoms with Gasteiger partial charge in [0.2, 0.25) is 0 Å². The maximum absolute atomic E-state index is 12.9. The smallest absolute Gasteiger partial charge is 0.306 e. The van der Waals surface area contributed by atoms with Crippen LogP contribution in [0.4, 0.5) is 0 Å². The molecule has 0 aliphatic rings. The Bertz CT molecular complexity index is 1170. The third-order valence-electron chi connectivity index (χ3n) is 12.8. The van der Waals surface area contributed by atoms with E-state index in [1.807, 2.05) is 0 Å². The molecule has 0 rings (SSSR count). The van der Waals surface area contributed by atoms with Gasteiger partial charge < -0.3 is 14.2 Å². The molecule has 0 aliphatic carbocycles. The maximum atomic E-state index is 12.9. The van der Waals surface area contributed by atoms with Gasteiger partial charge >= 0.3 is 17.9 Å². The number of rotatable bonds is 53. The summed E-state index contributed by atoms with van der Waals surface area (Å²) in [6, 6.07) is 0. The van der Waals surface area contributed by atoms with Crippen molar-refractivity contribution in [2.24, 2.45) is 0 Å². The van der Waals surface area contributed by atoms with Crippen molar-refractivity contribution in [1.29, 1.82) is 0 Å². The lowest BCUT2D eigenvalue weighted by atomic mass is 10.0. The van der Waals surface area contributed by atoms with Crippen LogP contribution < -0.4 is 0 Å². The Balaban J connectivity index is 4.35. The van der Waals surface area contributed by atoms with Gasteiger partial charge in [-0.25, -0.2) is 0 Å². The molecule has 0 aromatic carbocycles. The summed E-state index contributed by atoms with van der Waals surface area (Å²) in [5, 5.41) is 0. The Morgan fingerprint density at radius 1 is 0.313 bits per heavy atom. The summed E-state index contributed by atoms with van der Waals surface area (Å²) >= 11 is 0. The van der Waals surface area contributed by atoms with Gasteiger partial charge in [-0.1, -0.05) is 256 Å². The Morgan fingerprint density at radius 3 is 0.925 bits per heavy atom. The fourth-order valence-corrected chi connectivity index (χ4v) is 8.45. The fraction of sp³-hybridized carbons (Fsp3) is 0.820. The predicted octanol–water partition coefficient (Wildman–Crippen LogP) is 19.4. The minimum absolute atomic E-state index is 0.0759. The molecule has 390 valence electrons. The number of ether oxygens (including phenoxy) is 3. The van der Waals surface area contributed by atoms with Gasteiger partial charge in [0.25, 0.3) is 0 Å². The van der Waals surface area contributed by atoms with E-state index in [1.165, 1.54) is 173 Å². The molecule has 1 atom stereocenters. The number of unbranched alkanes of at least 4 members (excludes halogenated alkanes) is 34. The highest BCUT2D eigenvalue weighted by Gasteiger charge is 2.19. The Kier molecular flexibility index (Phi) is 53.8. The van der Waals surface area contributed by atoms with Gasteiger partial charge in [-0.15, -0.1) is 0 Å². The van der Waals surface area contributed by atoms with Crippen molar-refractivity contribution in [3.05, 3.63) is 48.6 Å². The van der Waals surface area contributed by atoms with E-state index in [9.17, 15) is 14.4 Å². The van der Waals surface area contributed by atoms with E-state index in [-0.39, 0.29) is 31.1 Å². The van der Waals surface area contributed by atoms with Gasteiger partial charge in [0.1, 0.15) is 13.2 Å². The molecule has 0 bridgehead atoms. The van der Waals surface area contributed by atoms with Crippen LogP contribution in [0.5, 0.6) is 0 Å². The van der Waals surface area contributed by atoms with Crippen molar-refractivity contribution in [3.8, 4) is 0 Å². The zero-order valence-corrected chi connectivity index (χ0v) is 44.7. The number of hydrogen-bond donors (Lipinski definition) is 0. The van der Waals surface area contributed by atoms with Crippen LogP contribution in [-0.4, -0.2) is 37.2 Å². The third kappa shape index (κ3) is 54.2. The normalized spacial score (nSPS) is 12.3. The average molecular weight is 940 g/mol. The van der Waals surface area contributed by atoms with Crippen molar-refractivity contribution < 1.29 is 28.6 Å². The predicted molar refractivity (Wildman–Crippen MR) is 289 cm³/mol. The molecule has 0 fully saturated rings. The quantitative estimate of drug-likeness (QED) is 0.0262. The lowest BCUT2D eigenvalue weighted by molar-refractivity contribution is -0.167. The Morgan fingerprint density at radius 2 is 0.582 bits per heavy atom. The average Bonchev–Trinajstić information content (AvgIpc) is 3.33. The van der Waals surface area contributed by atoms with Gasteiger partial charge in [0.05, 0.1) is 0 Å². The molecule has 0 aliphatic heterocycles. The molecule has 67 heavy (non-hydrogen) atoms. The van der Waals surface area contributed by atoms with Crippen molar-refractivity contribution >= 4 is 17.9 Å². The van der Waals surface area contributed by atoms with Crippen LogP contribution in [0.15, 0.2) is 48.6 Å². The van der Waals surface area contributed by atoms with Crippen LogP contribution >= 0.6 is 0 Å². The third-order valence-corrected chi connectivity index (χ3v) is 12.8. The molecule has 0 radical (unpaired) electrons. The van der Waals surface area contributed by atoms with Crippen molar-refractivity contribution in [2.75, 3.05) is 13.2 Å². The van der Waals surface area contributed by atoms with Crippen LogP contribution in [0.25, 0.3) is 0 Å². The van der Waals surface area contributed by atoms with Gasteiger partial charge in [0, 0.05) is 19.3 Å². The first-order valence-electron chi connectivity index (χ1n) is 29.1. The van der Waals surface area contributed by atoms with Gasteiger partial charge in [-0.3, -0.25) is 14.4 Å². The van der Waals surface area contributed by atoms with E-state index in [2.05, 4.69) is 69.4 Å². The van der Waals surface area contributed by atoms with Gasteiger partial charge in [-0.05, 0) is 77.0 Å². The van der Waals surface area contributed by atoms with E-state index < -0.39 is 6.10 Å². The molecule has 6 nitrogen and oxygen atoms in total. The molecule has 1 unspecified atom stereocenters. The lowest BCUT2D eigenvalue weighted by Crippen LogP contribution is -2.30. The van der Waals surface area contributed by atoms with Crippen LogP contribution in [0.1, 0.15) is 303 Å². The summed E-state index contributed by atoms with van der Waals surface area (Å²) in [6.45, 7) is 6.54. The van der Waals surface area contributed by atoms with E-state index in [0.717, 1.165) is 89.9 Å². The first kappa shape index (κ1) is 64.4. The topological polar surface area (TPSA) is 78.9 Å². The van der Waals surface area contributed by atoms with Crippen molar-refractivity contribution in [3.63, 3.8) is 0 Å². The molecule has 0 amide bonds. The summed E-state index contributed by atoms with van der Waals surface area (Å²) in [4.78, 5) is 38.2. The molecule has 0 N–H and O–H groups in total. The molecule has 0 heterocycles. The zero-order valence-electron chi connectivity index (χ0n) is 44.7. The standard InChI is InChI=1S/C61H110O6/c1-4-7-10-13-16-19-22-25-28-30-32-33-36-39-42-45-48-51-54-60(63)66-57-58(56-65-59(62)53-50-47-44-41-38-35-27-24-21-18-15-12-9-6-3)67-61(64)55-52-49-46-43-40-37-34-31-29-26-23-20-17-14-11-8-5-2/h9,12,17-18,20-21,26,29,58H,4-8,10-11,13-16,19,22-25,27-28,30-57H2,1-3H3/b12-9-,20-17-,21-18-,29-26-. The van der Waals surface area contributed by atoms with E-state index in [0.29, 0.717) is 19.3 Å². The van der Waals surface area contributed by atoms with Crippen LogP contribution in [0.3, 0.4) is 0 Å². The highest BCUT2D eigenvalue weighted by molar-refractivity contribution is 5.71. The molecule has 0 saturated heterocycles. The largest absolute Gasteiger partial charge is 0.462 e. The molecule has 6 heteroatoms.